The third-order valence-corrected chi connectivity index (χ3v) is 5.47. The Labute approximate surface area is 128 Å². The van der Waals surface area contributed by atoms with E-state index in [-0.39, 0.29) is 11.8 Å². The summed E-state index contributed by atoms with van der Waals surface area (Å²) in [7, 11) is 2.16. The third-order valence-electron chi connectivity index (χ3n) is 4.79. The first-order chi connectivity index (χ1) is 9.50. The normalized spacial score (nSPS) is 24.8. The predicted molar refractivity (Wildman–Crippen MR) is 82.2 cm³/mol. The topological polar surface area (TPSA) is 40.5 Å². The van der Waals surface area contributed by atoms with Crippen LogP contribution >= 0.6 is 15.9 Å². The van der Waals surface area contributed by atoms with Crippen molar-refractivity contribution in [3.05, 3.63) is 33.8 Å². The maximum atomic E-state index is 11.0. The van der Waals surface area contributed by atoms with E-state index in [0.29, 0.717) is 5.92 Å². The number of benzene rings is 1. The number of halogens is 1. The molecule has 3 nitrogen and oxygen atoms in total. The average molecular weight is 338 g/mol. The summed E-state index contributed by atoms with van der Waals surface area (Å²) < 4.78 is 1.15. The molecule has 0 bridgehead atoms. The highest BCUT2D eigenvalue weighted by Gasteiger charge is 2.46. The zero-order chi connectivity index (χ0) is 14.3. The molecule has 1 aliphatic heterocycles. The number of aliphatic carboxylic acids is 1. The molecule has 0 aromatic heterocycles. The molecule has 1 aliphatic carbocycles. The van der Waals surface area contributed by atoms with Crippen molar-refractivity contribution in [3.63, 3.8) is 0 Å². The Hall–Kier alpha value is -0.870. The van der Waals surface area contributed by atoms with Gasteiger partial charge in [-0.3, -0.25) is 4.79 Å². The van der Waals surface area contributed by atoms with Crippen molar-refractivity contribution in [2.45, 2.75) is 37.0 Å². The van der Waals surface area contributed by atoms with Crippen LogP contribution in [0.15, 0.2) is 22.7 Å². The number of rotatable bonds is 4. The van der Waals surface area contributed by atoms with Gasteiger partial charge in [0, 0.05) is 16.4 Å². The van der Waals surface area contributed by atoms with Gasteiger partial charge >= 0.3 is 5.97 Å². The molecule has 1 aromatic carbocycles. The van der Waals surface area contributed by atoms with E-state index in [9.17, 15) is 4.79 Å². The van der Waals surface area contributed by atoms with Crippen LogP contribution in [0.2, 0.25) is 0 Å². The van der Waals surface area contributed by atoms with Crippen molar-refractivity contribution in [1.29, 1.82) is 0 Å². The number of carboxylic acid groups (broad SMARTS) is 1. The fourth-order valence-electron chi connectivity index (χ4n) is 3.38. The van der Waals surface area contributed by atoms with Crippen molar-refractivity contribution >= 4 is 21.9 Å². The summed E-state index contributed by atoms with van der Waals surface area (Å²) >= 11 is 3.70. The second kappa shape index (κ2) is 5.15. The summed E-state index contributed by atoms with van der Waals surface area (Å²) in [4.78, 5) is 13.4. The second-order valence-electron chi connectivity index (χ2n) is 6.33. The highest BCUT2D eigenvalue weighted by atomic mass is 79.9. The average Bonchev–Trinajstić information content (AvgIpc) is 3.02. The van der Waals surface area contributed by atoms with Gasteiger partial charge in [0.05, 0.1) is 6.42 Å². The smallest absolute Gasteiger partial charge is 0.304 e. The van der Waals surface area contributed by atoms with Crippen molar-refractivity contribution in [3.8, 4) is 0 Å². The van der Waals surface area contributed by atoms with Gasteiger partial charge in [0.15, 0.2) is 0 Å². The fourth-order valence-corrected chi connectivity index (χ4v) is 4.09. The van der Waals surface area contributed by atoms with Crippen LogP contribution in [0.3, 0.4) is 0 Å². The molecule has 1 atom stereocenters. The largest absolute Gasteiger partial charge is 0.481 e. The van der Waals surface area contributed by atoms with E-state index in [1.54, 1.807) is 0 Å². The Morgan fingerprint density at radius 3 is 2.75 bits per heavy atom. The lowest BCUT2D eigenvalue weighted by atomic mass is 9.89. The summed E-state index contributed by atoms with van der Waals surface area (Å²) in [5.41, 5.74) is 2.45. The Balaban J connectivity index is 1.83. The van der Waals surface area contributed by atoms with Gasteiger partial charge in [-0.1, -0.05) is 28.1 Å². The summed E-state index contributed by atoms with van der Waals surface area (Å²) in [6, 6.07) is 6.50. The van der Waals surface area contributed by atoms with Crippen LogP contribution in [0.1, 0.15) is 42.7 Å². The Kier molecular flexibility index (Phi) is 3.63. The molecule has 4 heteroatoms. The molecular weight excluding hydrogens is 318 g/mol. The van der Waals surface area contributed by atoms with Crippen LogP contribution in [-0.4, -0.2) is 36.1 Å². The van der Waals surface area contributed by atoms with E-state index in [0.717, 1.165) is 30.4 Å². The van der Waals surface area contributed by atoms with Crippen LogP contribution in [0.25, 0.3) is 0 Å². The number of carboxylic acids is 1. The van der Waals surface area contributed by atoms with Gasteiger partial charge in [0.1, 0.15) is 0 Å². The molecule has 2 fully saturated rings. The van der Waals surface area contributed by atoms with E-state index in [1.165, 1.54) is 17.5 Å². The molecule has 108 valence electrons. The zero-order valence-corrected chi connectivity index (χ0v) is 13.3. The number of carbonyl (C=O) groups is 1. The molecular formula is C16H20BrNO2. The molecule has 20 heavy (non-hydrogen) atoms. The van der Waals surface area contributed by atoms with Crippen molar-refractivity contribution in [2.75, 3.05) is 20.1 Å². The van der Waals surface area contributed by atoms with E-state index in [1.807, 2.05) is 0 Å². The first-order valence-corrected chi connectivity index (χ1v) is 8.00. The second-order valence-corrected chi connectivity index (χ2v) is 7.19. The standard InChI is InChI=1S/C16H20BrNO2/c1-18-7-4-11(10-18)13-3-2-12(8-14(13)17)16(5-6-16)9-15(19)20/h2-3,8,11H,4-7,9-10H2,1H3,(H,19,20). The fraction of sp³-hybridized carbons (Fsp3) is 0.562. The summed E-state index contributed by atoms with van der Waals surface area (Å²) in [6.45, 7) is 2.26. The number of hydrogen-bond acceptors (Lipinski definition) is 2. The molecule has 0 amide bonds. The Morgan fingerprint density at radius 1 is 1.50 bits per heavy atom. The molecule has 1 saturated heterocycles. The van der Waals surface area contributed by atoms with Crippen molar-refractivity contribution < 1.29 is 9.90 Å². The number of hydrogen-bond donors (Lipinski definition) is 1. The van der Waals surface area contributed by atoms with Crippen LogP contribution in [0.4, 0.5) is 0 Å². The number of nitrogens with zero attached hydrogens (tertiary/aromatic N) is 1. The molecule has 0 radical (unpaired) electrons. The SMILES string of the molecule is CN1CCC(c2ccc(C3(CC(=O)O)CC3)cc2Br)C1. The monoisotopic (exact) mass is 337 g/mol. The van der Waals surface area contributed by atoms with Gasteiger partial charge in [-0.15, -0.1) is 0 Å². The summed E-state index contributed by atoms with van der Waals surface area (Å²) in [5.74, 6) is -0.0989. The van der Waals surface area contributed by atoms with Gasteiger partial charge in [0.25, 0.3) is 0 Å². The third kappa shape index (κ3) is 2.63. The molecule has 0 spiro atoms. The molecule has 3 rings (SSSR count). The highest BCUT2D eigenvalue weighted by Crippen LogP contribution is 2.52. The number of likely N-dealkylation sites (N-methyl/N-ethyl adjacent to an activating group) is 1. The first kappa shape index (κ1) is 14.1. The molecule has 1 unspecified atom stereocenters. The van der Waals surface area contributed by atoms with Gasteiger partial charge in [0.2, 0.25) is 0 Å². The van der Waals surface area contributed by atoms with Crippen LogP contribution in [0.5, 0.6) is 0 Å². The number of likely N-dealkylation sites (tertiary alicyclic amines) is 1. The lowest BCUT2D eigenvalue weighted by Crippen LogP contribution is -2.14. The lowest BCUT2D eigenvalue weighted by Gasteiger charge is -2.18. The minimum atomic E-state index is -0.694. The summed E-state index contributed by atoms with van der Waals surface area (Å²) in [6.07, 6.45) is 3.45. The van der Waals surface area contributed by atoms with Gasteiger partial charge in [-0.25, -0.2) is 0 Å². The maximum absolute atomic E-state index is 11.0. The van der Waals surface area contributed by atoms with Crippen LogP contribution in [-0.2, 0) is 10.2 Å². The van der Waals surface area contributed by atoms with Gasteiger partial charge in [-0.2, -0.15) is 0 Å². The minimum absolute atomic E-state index is 0.0979. The zero-order valence-electron chi connectivity index (χ0n) is 11.7. The van der Waals surface area contributed by atoms with Gasteiger partial charge in [-0.05, 0) is 56.0 Å². The van der Waals surface area contributed by atoms with Crippen LogP contribution < -0.4 is 0 Å². The Bertz CT molecular complexity index is 539. The Morgan fingerprint density at radius 2 is 2.25 bits per heavy atom. The molecule has 1 N–H and O–H groups in total. The maximum Gasteiger partial charge on any atom is 0.304 e. The van der Waals surface area contributed by atoms with E-state index >= 15 is 0 Å². The van der Waals surface area contributed by atoms with Crippen molar-refractivity contribution in [2.24, 2.45) is 0 Å². The van der Waals surface area contributed by atoms with E-state index < -0.39 is 5.97 Å². The van der Waals surface area contributed by atoms with Crippen molar-refractivity contribution in [1.82, 2.24) is 4.90 Å². The molecule has 1 saturated carbocycles. The predicted octanol–water partition coefficient (Wildman–Crippen LogP) is 3.37. The molecule has 1 aromatic rings. The molecule has 1 heterocycles. The minimum Gasteiger partial charge on any atom is -0.481 e. The van der Waals surface area contributed by atoms with E-state index in [2.05, 4.69) is 46.1 Å². The lowest BCUT2D eigenvalue weighted by molar-refractivity contribution is -0.137. The molecule has 2 aliphatic rings. The van der Waals surface area contributed by atoms with Gasteiger partial charge < -0.3 is 10.0 Å². The van der Waals surface area contributed by atoms with E-state index in [4.69, 9.17) is 5.11 Å². The highest BCUT2D eigenvalue weighted by molar-refractivity contribution is 9.10. The summed E-state index contributed by atoms with van der Waals surface area (Å²) in [5, 5.41) is 9.06. The first-order valence-electron chi connectivity index (χ1n) is 7.20. The van der Waals surface area contributed by atoms with Crippen LogP contribution in [0, 0.1) is 0 Å². The quantitative estimate of drug-likeness (QED) is 0.915.